The van der Waals surface area contributed by atoms with Crippen molar-refractivity contribution in [3.63, 3.8) is 0 Å². The first kappa shape index (κ1) is 22.6. The Balaban J connectivity index is 0.000000728. The zero-order valence-electron chi connectivity index (χ0n) is 12.4. The summed E-state index contributed by atoms with van der Waals surface area (Å²) in [6.07, 6.45) is -6.91. The largest absolute Gasteiger partial charge is 0.400 e. The van der Waals surface area contributed by atoms with Gasteiger partial charge >= 0.3 is 21.5 Å². The van der Waals surface area contributed by atoms with Crippen LogP contribution in [0.2, 0.25) is 0 Å². The fourth-order valence-corrected chi connectivity index (χ4v) is 1.91. The van der Waals surface area contributed by atoms with Gasteiger partial charge in [-0.15, -0.1) is 0 Å². The lowest BCUT2D eigenvalue weighted by molar-refractivity contribution is -0.135. The predicted octanol–water partition coefficient (Wildman–Crippen LogP) is 4.40. The molecule has 1 aromatic heterocycles. The Bertz CT molecular complexity index is 524. The molecule has 1 heterocycles. The second-order valence-electron chi connectivity index (χ2n) is 4.74. The third-order valence-corrected chi connectivity index (χ3v) is 3.64. The van der Waals surface area contributed by atoms with Crippen molar-refractivity contribution < 1.29 is 39.3 Å². The molecule has 0 aliphatic rings. The van der Waals surface area contributed by atoms with E-state index in [1.54, 1.807) is 12.4 Å². The van der Waals surface area contributed by atoms with E-state index in [0.29, 0.717) is 0 Å². The van der Waals surface area contributed by atoms with Crippen LogP contribution in [0.1, 0.15) is 32.1 Å². The minimum absolute atomic E-state index is 0.165. The predicted molar refractivity (Wildman–Crippen MR) is 74.8 cm³/mol. The highest BCUT2D eigenvalue weighted by molar-refractivity contribution is 7.86. The Kier molecular flexibility index (Phi) is 9.26. The Labute approximate surface area is 135 Å². The van der Waals surface area contributed by atoms with Gasteiger partial charge in [-0.05, 0) is 25.0 Å². The molecule has 140 valence electrons. The molecule has 0 radical (unpaired) electrons. The summed E-state index contributed by atoms with van der Waals surface area (Å²) < 4.78 is 101. The molecule has 0 saturated heterocycles. The molecule has 11 heteroatoms. The molecule has 0 aliphatic carbocycles. The molecule has 0 aliphatic heterocycles. The van der Waals surface area contributed by atoms with Gasteiger partial charge in [0, 0.05) is 18.8 Å². The normalized spacial score (nSPS) is 13.8. The Morgan fingerprint density at radius 2 is 1.50 bits per heavy atom. The Morgan fingerprint density at radius 3 is 1.83 bits per heavy atom. The van der Waals surface area contributed by atoms with Gasteiger partial charge in [-0.1, -0.05) is 18.9 Å². The summed E-state index contributed by atoms with van der Waals surface area (Å²) in [5, 5.41) is -4.93. The van der Waals surface area contributed by atoms with Crippen molar-refractivity contribution in [1.82, 2.24) is 4.98 Å². The first-order valence-corrected chi connectivity index (χ1v) is 8.22. The average molecular weight is 381 g/mol. The van der Waals surface area contributed by atoms with Crippen molar-refractivity contribution in [1.29, 1.82) is 0 Å². The van der Waals surface area contributed by atoms with Crippen molar-refractivity contribution in [3.8, 4) is 0 Å². The molecule has 0 fully saturated rings. The number of hydrogen-bond acceptors (Lipinski definition) is 3. The van der Waals surface area contributed by atoms with Crippen molar-refractivity contribution in [2.75, 3.05) is 0 Å². The molecular formula is C13H17F6NO3S. The molecule has 0 spiro atoms. The molecular weight excluding hydrogens is 364 g/mol. The summed E-state index contributed by atoms with van der Waals surface area (Å²) in [7, 11) is -5.86. The Morgan fingerprint density at radius 1 is 0.958 bits per heavy atom. The summed E-state index contributed by atoms with van der Waals surface area (Å²) in [5.74, 6) is 0. The summed E-state index contributed by atoms with van der Waals surface area (Å²) in [4.78, 5) is 3.78. The minimum atomic E-state index is -5.86. The van der Waals surface area contributed by atoms with Crippen LogP contribution in [0.5, 0.6) is 0 Å². The number of unbranched alkanes of at least 4 members (excludes halogenated alkanes) is 2. The van der Waals surface area contributed by atoms with Gasteiger partial charge in [0.15, 0.2) is 6.17 Å². The van der Waals surface area contributed by atoms with Gasteiger partial charge in [-0.2, -0.15) is 30.4 Å². The van der Waals surface area contributed by atoms with Crippen molar-refractivity contribution in [2.45, 2.75) is 49.7 Å². The van der Waals surface area contributed by atoms with Crippen LogP contribution in [0, 0.1) is 0 Å². The third-order valence-electron chi connectivity index (χ3n) is 2.69. The molecule has 1 rings (SSSR count). The molecule has 24 heavy (non-hydrogen) atoms. The van der Waals surface area contributed by atoms with E-state index in [0.717, 1.165) is 0 Å². The second-order valence-corrected chi connectivity index (χ2v) is 6.24. The fourth-order valence-electron chi connectivity index (χ4n) is 1.47. The standard InChI is InChI=1S/C8H12F6O3S.C5H5N/c9-6(8(13,14)18(15,16)17)4-2-1-3-5-7(10,11)12;1-2-4-6-5-3-1/h6H,1-5H2,(H,15,16,17);1-5H. The first-order chi connectivity index (χ1) is 10.9. The third kappa shape index (κ3) is 9.71. The van der Waals surface area contributed by atoms with Gasteiger partial charge in [-0.25, -0.2) is 4.39 Å². The molecule has 1 aromatic rings. The number of aromatic nitrogens is 1. The van der Waals surface area contributed by atoms with Crippen LogP contribution >= 0.6 is 0 Å². The summed E-state index contributed by atoms with van der Waals surface area (Å²) in [6.45, 7) is 0. The van der Waals surface area contributed by atoms with E-state index >= 15 is 0 Å². The monoisotopic (exact) mass is 381 g/mol. The van der Waals surface area contributed by atoms with Gasteiger partial charge in [0.2, 0.25) is 0 Å². The minimum Gasteiger partial charge on any atom is -0.281 e. The summed E-state index contributed by atoms with van der Waals surface area (Å²) in [6, 6.07) is 5.72. The first-order valence-electron chi connectivity index (χ1n) is 6.78. The number of halogens is 6. The molecule has 1 N–H and O–H groups in total. The molecule has 4 nitrogen and oxygen atoms in total. The van der Waals surface area contributed by atoms with E-state index in [1.165, 1.54) is 0 Å². The van der Waals surface area contributed by atoms with Gasteiger partial charge < -0.3 is 0 Å². The maximum Gasteiger partial charge on any atom is 0.400 e. The van der Waals surface area contributed by atoms with E-state index < -0.39 is 40.6 Å². The van der Waals surface area contributed by atoms with E-state index in [4.69, 9.17) is 4.55 Å². The van der Waals surface area contributed by atoms with Crippen LogP contribution in [-0.4, -0.2) is 35.6 Å². The quantitative estimate of drug-likeness (QED) is 0.432. The van der Waals surface area contributed by atoms with Crippen LogP contribution < -0.4 is 0 Å². The Hall–Kier alpha value is -1.36. The maximum absolute atomic E-state index is 12.8. The van der Waals surface area contributed by atoms with Gasteiger partial charge in [0.05, 0.1) is 0 Å². The van der Waals surface area contributed by atoms with Crippen molar-refractivity contribution >= 4 is 10.1 Å². The zero-order chi connectivity index (χ0) is 18.9. The fraction of sp³-hybridized carbons (Fsp3) is 0.615. The lowest BCUT2D eigenvalue weighted by atomic mass is 10.1. The molecule has 1 unspecified atom stereocenters. The SMILES string of the molecule is O=S(=O)(O)C(F)(F)C(F)CCCCCC(F)(F)F.c1ccncc1. The van der Waals surface area contributed by atoms with Crippen LogP contribution in [0.3, 0.4) is 0 Å². The number of alkyl halides is 6. The van der Waals surface area contributed by atoms with Crippen LogP contribution in [0.15, 0.2) is 30.6 Å². The van der Waals surface area contributed by atoms with Crippen LogP contribution in [0.25, 0.3) is 0 Å². The molecule has 0 aromatic carbocycles. The highest BCUT2D eigenvalue weighted by atomic mass is 32.2. The van der Waals surface area contributed by atoms with E-state index in [-0.39, 0.29) is 19.3 Å². The number of nitrogens with zero attached hydrogens (tertiary/aromatic N) is 1. The number of pyridine rings is 1. The smallest absolute Gasteiger partial charge is 0.281 e. The van der Waals surface area contributed by atoms with Crippen molar-refractivity contribution in [2.24, 2.45) is 0 Å². The summed E-state index contributed by atoms with van der Waals surface area (Å²) >= 11 is 0. The second kappa shape index (κ2) is 9.82. The maximum atomic E-state index is 12.8. The lowest BCUT2D eigenvalue weighted by Crippen LogP contribution is -2.38. The van der Waals surface area contributed by atoms with E-state index in [1.807, 2.05) is 18.2 Å². The molecule has 1 atom stereocenters. The lowest BCUT2D eigenvalue weighted by Gasteiger charge is -2.17. The van der Waals surface area contributed by atoms with E-state index in [2.05, 4.69) is 4.98 Å². The molecule has 0 saturated carbocycles. The van der Waals surface area contributed by atoms with Crippen LogP contribution in [0.4, 0.5) is 26.3 Å². The van der Waals surface area contributed by atoms with Crippen LogP contribution in [-0.2, 0) is 10.1 Å². The highest BCUT2D eigenvalue weighted by Crippen LogP contribution is 2.31. The molecule has 0 amide bonds. The van der Waals surface area contributed by atoms with Gasteiger partial charge in [0.25, 0.3) is 0 Å². The average Bonchev–Trinajstić information content (AvgIpc) is 2.46. The zero-order valence-corrected chi connectivity index (χ0v) is 13.2. The number of hydrogen-bond donors (Lipinski definition) is 1. The topological polar surface area (TPSA) is 67.3 Å². The van der Waals surface area contributed by atoms with E-state index in [9.17, 15) is 34.8 Å². The molecule has 0 bridgehead atoms. The van der Waals surface area contributed by atoms with Gasteiger partial charge in [-0.3, -0.25) is 9.54 Å². The van der Waals surface area contributed by atoms with Crippen molar-refractivity contribution in [3.05, 3.63) is 30.6 Å². The number of rotatable bonds is 7. The van der Waals surface area contributed by atoms with Gasteiger partial charge in [0.1, 0.15) is 0 Å². The summed E-state index contributed by atoms with van der Waals surface area (Å²) in [5.41, 5.74) is 0. The highest BCUT2D eigenvalue weighted by Gasteiger charge is 2.52.